The van der Waals surface area contributed by atoms with Crippen LogP contribution < -0.4 is 0 Å². The molecule has 0 N–H and O–H groups in total. The van der Waals surface area contributed by atoms with E-state index in [1.54, 1.807) is 13.0 Å². The SMILES string of the molecule is CCOC(=O)C=Cc1ccc2ccccc2c1Br. The zero-order chi connectivity index (χ0) is 13.0. The molecule has 18 heavy (non-hydrogen) atoms. The highest BCUT2D eigenvalue weighted by Gasteiger charge is 2.02. The van der Waals surface area contributed by atoms with Crippen LogP contribution in [0, 0.1) is 0 Å². The molecule has 0 heterocycles. The largest absolute Gasteiger partial charge is 0.463 e. The van der Waals surface area contributed by atoms with Crippen molar-refractivity contribution < 1.29 is 9.53 Å². The number of fused-ring (bicyclic) bond motifs is 1. The number of hydrogen-bond donors (Lipinski definition) is 0. The summed E-state index contributed by atoms with van der Waals surface area (Å²) < 4.78 is 5.84. The maximum absolute atomic E-state index is 11.3. The summed E-state index contributed by atoms with van der Waals surface area (Å²) in [5.41, 5.74) is 0.960. The number of halogens is 1. The van der Waals surface area contributed by atoms with E-state index in [-0.39, 0.29) is 5.97 Å². The van der Waals surface area contributed by atoms with Crippen molar-refractivity contribution in [1.29, 1.82) is 0 Å². The average molecular weight is 305 g/mol. The molecule has 0 spiro atoms. The van der Waals surface area contributed by atoms with E-state index >= 15 is 0 Å². The van der Waals surface area contributed by atoms with Gasteiger partial charge in [-0.15, -0.1) is 0 Å². The lowest BCUT2D eigenvalue weighted by atomic mass is 10.1. The minimum Gasteiger partial charge on any atom is -0.463 e. The fraction of sp³-hybridized carbons (Fsp3) is 0.133. The molecule has 2 aromatic carbocycles. The quantitative estimate of drug-likeness (QED) is 0.628. The molecule has 92 valence electrons. The second kappa shape index (κ2) is 5.83. The van der Waals surface area contributed by atoms with Gasteiger partial charge in [0, 0.05) is 10.5 Å². The molecule has 2 rings (SSSR count). The molecule has 0 bridgehead atoms. The van der Waals surface area contributed by atoms with Gasteiger partial charge in [0.05, 0.1) is 6.61 Å². The number of carbonyl (C=O) groups is 1. The molecule has 0 saturated carbocycles. The normalized spacial score (nSPS) is 11.0. The summed E-state index contributed by atoms with van der Waals surface area (Å²) in [6.07, 6.45) is 3.20. The third-order valence-corrected chi connectivity index (χ3v) is 3.46. The Kier molecular flexibility index (Phi) is 4.15. The summed E-state index contributed by atoms with van der Waals surface area (Å²) in [6, 6.07) is 12.1. The maximum atomic E-state index is 11.3. The second-order valence-corrected chi connectivity index (χ2v) is 4.57. The first-order chi connectivity index (χ1) is 8.72. The number of hydrogen-bond acceptors (Lipinski definition) is 2. The van der Waals surface area contributed by atoms with E-state index in [2.05, 4.69) is 22.0 Å². The maximum Gasteiger partial charge on any atom is 0.330 e. The minimum absolute atomic E-state index is 0.322. The Labute approximate surface area is 114 Å². The Balaban J connectivity index is 2.35. The average Bonchev–Trinajstić information content (AvgIpc) is 2.39. The Hall–Kier alpha value is -1.61. The number of benzene rings is 2. The van der Waals surface area contributed by atoms with E-state index in [1.165, 1.54) is 6.08 Å². The summed E-state index contributed by atoms with van der Waals surface area (Å²) in [5, 5.41) is 2.29. The molecule has 0 aliphatic heterocycles. The molecular formula is C15H13BrO2. The number of ether oxygens (including phenoxy) is 1. The van der Waals surface area contributed by atoms with Gasteiger partial charge in [0.15, 0.2) is 0 Å². The number of rotatable bonds is 3. The van der Waals surface area contributed by atoms with Crippen LogP contribution in [-0.2, 0) is 9.53 Å². The zero-order valence-electron chi connectivity index (χ0n) is 10.0. The van der Waals surface area contributed by atoms with Crippen molar-refractivity contribution >= 4 is 38.7 Å². The Morgan fingerprint density at radius 1 is 1.28 bits per heavy atom. The van der Waals surface area contributed by atoms with Gasteiger partial charge in [0.25, 0.3) is 0 Å². The zero-order valence-corrected chi connectivity index (χ0v) is 11.6. The van der Waals surface area contributed by atoms with Crippen molar-refractivity contribution in [1.82, 2.24) is 0 Å². The third kappa shape index (κ3) is 2.79. The van der Waals surface area contributed by atoms with Gasteiger partial charge in [-0.05, 0) is 45.3 Å². The van der Waals surface area contributed by atoms with Gasteiger partial charge < -0.3 is 4.74 Å². The fourth-order valence-corrected chi connectivity index (χ4v) is 2.35. The molecule has 0 fully saturated rings. The monoisotopic (exact) mass is 304 g/mol. The van der Waals surface area contributed by atoms with E-state index in [0.717, 1.165) is 20.8 Å². The van der Waals surface area contributed by atoms with Gasteiger partial charge in [-0.1, -0.05) is 36.4 Å². The first-order valence-corrected chi connectivity index (χ1v) is 6.53. The number of esters is 1. The van der Waals surface area contributed by atoms with Crippen LogP contribution in [0.15, 0.2) is 46.9 Å². The van der Waals surface area contributed by atoms with Gasteiger partial charge >= 0.3 is 5.97 Å². The number of carbonyl (C=O) groups excluding carboxylic acids is 1. The van der Waals surface area contributed by atoms with Crippen LogP contribution in [0.4, 0.5) is 0 Å². The summed E-state index contributed by atoms with van der Waals surface area (Å²) >= 11 is 3.57. The van der Waals surface area contributed by atoms with E-state index in [0.29, 0.717) is 6.61 Å². The third-order valence-electron chi connectivity index (χ3n) is 2.58. The fourth-order valence-electron chi connectivity index (χ4n) is 1.73. The Morgan fingerprint density at radius 3 is 2.83 bits per heavy atom. The van der Waals surface area contributed by atoms with Crippen LogP contribution in [0.2, 0.25) is 0 Å². The highest BCUT2D eigenvalue weighted by atomic mass is 79.9. The molecule has 0 radical (unpaired) electrons. The summed E-state index contributed by atoms with van der Waals surface area (Å²) in [5.74, 6) is -0.322. The summed E-state index contributed by atoms with van der Waals surface area (Å²) in [7, 11) is 0. The van der Waals surface area contributed by atoms with Crippen LogP contribution in [0.25, 0.3) is 16.8 Å². The highest BCUT2D eigenvalue weighted by molar-refractivity contribution is 9.10. The van der Waals surface area contributed by atoms with Gasteiger partial charge in [-0.2, -0.15) is 0 Å². The van der Waals surface area contributed by atoms with Crippen LogP contribution in [0.3, 0.4) is 0 Å². The first kappa shape index (κ1) is 12.8. The van der Waals surface area contributed by atoms with Gasteiger partial charge in [0.1, 0.15) is 0 Å². The second-order valence-electron chi connectivity index (χ2n) is 3.78. The molecule has 2 aromatic rings. The van der Waals surface area contributed by atoms with E-state index in [4.69, 9.17) is 4.74 Å². The first-order valence-electron chi connectivity index (χ1n) is 5.74. The predicted molar refractivity (Wildman–Crippen MR) is 77.3 cm³/mol. The molecule has 0 aliphatic carbocycles. The van der Waals surface area contributed by atoms with Crippen LogP contribution in [0.1, 0.15) is 12.5 Å². The van der Waals surface area contributed by atoms with Crippen molar-refractivity contribution in [3.63, 3.8) is 0 Å². The van der Waals surface area contributed by atoms with Crippen molar-refractivity contribution in [3.8, 4) is 0 Å². The molecule has 3 heteroatoms. The molecule has 0 atom stereocenters. The van der Waals surface area contributed by atoms with Crippen molar-refractivity contribution in [2.45, 2.75) is 6.92 Å². The van der Waals surface area contributed by atoms with E-state index < -0.39 is 0 Å². The van der Waals surface area contributed by atoms with Gasteiger partial charge in [0.2, 0.25) is 0 Å². The van der Waals surface area contributed by atoms with Crippen LogP contribution in [-0.4, -0.2) is 12.6 Å². The molecule has 0 amide bonds. The molecule has 0 unspecified atom stereocenters. The van der Waals surface area contributed by atoms with Crippen LogP contribution in [0.5, 0.6) is 0 Å². The Bertz CT molecular complexity index is 602. The molecule has 2 nitrogen and oxygen atoms in total. The van der Waals surface area contributed by atoms with Crippen molar-refractivity contribution in [2.75, 3.05) is 6.61 Å². The molecule has 0 saturated heterocycles. The lowest BCUT2D eigenvalue weighted by Gasteiger charge is -2.04. The molecular weight excluding hydrogens is 292 g/mol. The topological polar surface area (TPSA) is 26.3 Å². The van der Waals surface area contributed by atoms with Gasteiger partial charge in [-0.25, -0.2) is 4.79 Å². The lowest BCUT2D eigenvalue weighted by Crippen LogP contribution is -1.98. The summed E-state index contributed by atoms with van der Waals surface area (Å²) in [4.78, 5) is 11.3. The lowest BCUT2D eigenvalue weighted by molar-refractivity contribution is -0.137. The Morgan fingerprint density at radius 2 is 2.06 bits per heavy atom. The summed E-state index contributed by atoms with van der Waals surface area (Å²) in [6.45, 7) is 2.18. The van der Waals surface area contributed by atoms with E-state index in [1.807, 2.05) is 30.3 Å². The van der Waals surface area contributed by atoms with E-state index in [9.17, 15) is 4.79 Å². The van der Waals surface area contributed by atoms with Crippen LogP contribution >= 0.6 is 15.9 Å². The van der Waals surface area contributed by atoms with Gasteiger partial charge in [-0.3, -0.25) is 0 Å². The molecule has 0 aromatic heterocycles. The van der Waals surface area contributed by atoms with Crippen molar-refractivity contribution in [2.24, 2.45) is 0 Å². The minimum atomic E-state index is -0.322. The van der Waals surface area contributed by atoms with Crippen molar-refractivity contribution in [3.05, 3.63) is 52.5 Å². The smallest absolute Gasteiger partial charge is 0.330 e. The highest BCUT2D eigenvalue weighted by Crippen LogP contribution is 2.28. The standard InChI is InChI=1S/C15H13BrO2/c1-2-18-14(17)10-9-12-8-7-11-5-3-4-6-13(11)15(12)16/h3-10H,2H2,1H3. The predicted octanol–water partition coefficient (Wildman–Crippen LogP) is 4.18. The molecule has 0 aliphatic rings.